The Labute approximate surface area is 106 Å². The number of rotatable bonds is 2. The molecule has 1 aromatic heterocycles. The second kappa shape index (κ2) is 4.85. The number of aromatic nitrogens is 3. The average Bonchev–Trinajstić information content (AvgIpc) is 2.28. The van der Waals surface area contributed by atoms with E-state index in [0.717, 1.165) is 0 Å². The van der Waals surface area contributed by atoms with Crippen LogP contribution >= 0.6 is 23.4 Å². The van der Waals surface area contributed by atoms with Gasteiger partial charge in [0.2, 0.25) is 5.95 Å². The summed E-state index contributed by atoms with van der Waals surface area (Å²) in [5.41, 5.74) is 5.78. The van der Waals surface area contributed by atoms with Gasteiger partial charge in [0.15, 0.2) is 11.0 Å². The topological polar surface area (TPSA) is 64.7 Å². The van der Waals surface area contributed by atoms with Crippen LogP contribution in [0.3, 0.4) is 0 Å². The van der Waals surface area contributed by atoms with Gasteiger partial charge in [0.1, 0.15) is 5.82 Å². The first-order valence-corrected chi connectivity index (χ1v) is 6.21. The number of hydrogen-bond donors (Lipinski definition) is 1. The Hall–Kier alpha value is -1.40. The van der Waals surface area contributed by atoms with Crippen molar-refractivity contribution < 1.29 is 4.39 Å². The van der Waals surface area contributed by atoms with Gasteiger partial charge in [0.25, 0.3) is 0 Å². The van der Waals surface area contributed by atoms with Gasteiger partial charge in [-0.25, -0.2) is 9.37 Å². The number of hydrogen-bond acceptors (Lipinski definition) is 5. The highest BCUT2D eigenvalue weighted by Crippen LogP contribution is 2.24. The van der Waals surface area contributed by atoms with Crippen molar-refractivity contribution in [2.45, 2.75) is 5.16 Å². The molecule has 0 unspecified atom stereocenters. The Kier molecular flexibility index (Phi) is 3.44. The molecule has 0 aliphatic carbocycles. The van der Waals surface area contributed by atoms with Gasteiger partial charge in [-0.1, -0.05) is 23.4 Å². The molecule has 0 saturated carbocycles. The van der Waals surface area contributed by atoms with Crippen LogP contribution in [-0.2, 0) is 0 Å². The number of benzene rings is 1. The third-order valence-corrected chi connectivity index (χ3v) is 2.77. The smallest absolute Gasteiger partial charge is 0.224 e. The average molecular weight is 271 g/mol. The van der Waals surface area contributed by atoms with Gasteiger partial charge >= 0.3 is 0 Å². The third kappa shape index (κ3) is 2.65. The Morgan fingerprint density at radius 2 is 2.06 bits per heavy atom. The molecule has 0 fully saturated rings. The molecule has 17 heavy (non-hydrogen) atoms. The van der Waals surface area contributed by atoms with Crippen LogP contribution in [0.5, 0.6) is 0 Å². The van der Waals surface area contributed by atoms with E-state index >= 15 is 0 Å². The summed E-state index contributed by atoms with van der Waals surface area (Å²) < 4.78 is 13.7. The SMILES string of the molecule is CSc1nc(N)nc(-c2ccc(Cl)cc2F)n1. The maximum absolute atomic E-state index is 13.7. The molecule has 2 N–H and O–H groups in total. The van der Waals surface area contributed by atoms with Gasteiger partial charge in [-0.15, -0.1) is 0 Å². The van der Waals surface area contributed by atoms with Crippen LogP contribution in [0.2, 0.25) is 5.02 Å². The molecule has 0 amide bonds. The maximum Gasteiger partial charge on any atom is 0.224 e. The summed E-state index contributed by atoms with van der Waals surface area (Å²) in [5.74, 6) is -0.222. The van der Waals surface area contributed by atoms with Crippen molar-refractivity contribution >= 4 is 29.3 Å². The molecule has 2 rings (SSSR count). The minimum Gasteiger partial charge on any atom is -0.368 e. The third-order valence-electron chi connectivity index (χ3n) is 1.99. The zero-order valence-corrected chi connectivity index (χ0v) is 10.4. The normalized spacial score (nSPS) is 10.5. The lowest BCUT2D eigenvalue weighted by molar-refractivity contribution is 0.629. The lowest BCUT2D eigenvalue weighted by atomic mass is 10.2. The number of thioether (sulfide) groups is 1. The number of nitrogen functional groups attached to an aromatic ring is 1. The van der Waals surface area contributed by atoms with Crippen LogP contribution < -0.4 is 5.73 Å². The molecule has 7 heteroatoms. The van der Waals surface area contributed by atoms with E-state index in [1.807, 2.05) is 0 Å². The molecule has 2 aromatic rings. The van der Waals surface area contributed by atoms with Crippen LogP contribution in [-0.4, -0.2) is 21.2 Å². The molecule has 0 saturated heterocycles. The van der Waals surface area contributed by atoms with Crippen molar-refractivity contribution in [1.82, 2.24) is 15.0 Å². The van der Waals surface area contributed by atoms with Gasteiger partial charge in [-0.05, 0) is 24.5 Å². The largest absolute Gasteiger partial charge is 0.368 e. The van der Waals surface area contributed by atoms with E-state index in [2.05, 4.69) is 15.0 Å². The van der Waals surface area contributed by atoms with Crippen molar-refractivity contribution in [3.63, 3.8) is 0 Å². The van der Waals surface area contributed by atoms with Crippen LogP contribution in [0, 0.1) is 5.82 Å². The highest BCUT2D eigenvalue weighted by Gasteiger charge is 2.11. The zero-order valence-electron chi connectivity index (χ0n) is 8.82. The second-order valence-electron chi connectivity index (χ2n) is 3.13. The van der Waals surface area contributed by atoms with Crippen molar-refractivity contribution in [2.24, 2.45) is 0 Å². The molecule has 0 aliphatic rings. The molecule has 1 heterocycles. The quantitative estimate of drug-likeness (QED) is 0.850. The lowest BCUT2D eigenvalue weighted by Gasteiger charge is -2.04. The Morgan fingerprint density at radius 1 is 1.29 bits per heavy atom. The number of nitrogens with two attached hydrogens (primary N) is 1. The first-order valence-electron chi connectivity index (χ1n) is 4.61. The molecule has 0 spiro atoms. The molecule has 0 aliphatic heterocycles. The standard InChI is InChI=1S/C10H8ClFN4S/c1-17-10-15-8(14-9(13)16-10)6-3-2-5(11)4-7(6)12/h2-4H,1H3,(H2,13,14,15,16). The van der Waals surface area contributed by atoms with Crippen LogP contribution in [0.4, 0.5) is 10.3 Å². The van der Waals surface area contributed by atoms with Crippen LogP contribution in [0.25, 0.3) is 11.4 Å². The Morgan fingerprint density at radius 3 is 2.71 bits per heavy atom. The van der Waals surface area contributed by atoms with E-state index < -0.39 is 5.82 Å². The summed E-state index contributed by atoms with van der Waals surface area (Å²) in [5, 5.41) is 0.764. The summed E-state index contributed by atoms with van der Waals surface area (Å²) in [6.07, 6.45) is 1.80. The van der Waals surface area contributed by atoms with Gasteiger partial charge in [0, 0.05) is 5.02 Å². The van der Waals surface area contributed by atoms with Crippen LogP contribution in [0.15, 0.2) is 23.4 Å². The fourth-order valence-corrected chi connectivity index (χ4v) is 1.78. The zero-order chi connectivity index (χ0) is 12.4. The number of halogens is 2. The lowest BCUT2D eigenvalue weighted by Crippen LogP contribution is -2.02. The summed E-state index contributed by atoms with van der Waals surface area (Å²) in [6.45, 7) is 0. The predicted molar refractivity (Wildman–Crippen MR) is 66.4 cm³/mol. The first kappa shape index (κ1) is 12.1. The summed E-state index contributed by atoms with van der Waals surface area (Å²) in [4.78, 5) is 11.9. The van der Waals surface area contributed by atoms with E-state index in [4.69, 9.17) is 17.3 Å². The van der Waals surface area contributed by atoms with Crippen molar-refractivity contribution in [3.8, 4) is 11.4 Å². The van der Waals surface area contributed by atoms with Crippen LogP contribution in [0.1, 0.15) is 0 Å². The van der Waals surface area contributed by atoms with Gasteiger partial charge in [-0.3, -0.25) is 0 Å². The maximum atomic E-state index is 13.7. The van der Waals surface area contributed by atoms with Crippen molar-refractivity contribution in [3.05, 3.63) is 29.0 Å². The van der Waals surface area contributed by atoms with Crippen molar-refractivity contribution in [2.75, 3.05) is 12.0 Å². The minimum atomic E-state index is -0.491. The van der Waals surface area contributed by atoms with E-state index in [9.17, 15) is 4.39 Å². The summed E-state index contributed by atoms with van der Waals surface area (Å²) in [7, 11) is 0. The molecule has 0 atom stereocenters. The molecule has 1 aromatic carbocycles. The Balaban J connectivity index is 2.55. The van der Waals surface area contributed by atoms with Gasteiger partial charge in [0.05, 0.1) is 5.56 Å². The summed E-state index contributed by atoms with van der Waals surface area (Å²) in [6, 6.07) is 4.28. The number of anilines is 1. The van der Waals surface area contributed by atoms with E-state index in [-0.39, 0.29) is 17.3 Å². The Bertz CT molecular complexity index is 564. The van der Waals surface area contributed by atoms with E-state index in [1.165, 1.54) is 23.9 Å². The fourth-order valence-electron chi connectivity index (χ4n) is 1.25. The monoisotopic (exact) mass is 270 g/mol. The summed E-state index contributed by atoms with van der Waals surface area (Å²) >= 11 is 6.98. The molecule has 0 radical (unpaired) electrons. The highest BCUT2D eigenvalue weighted by molar-refractivity contribution is 7.98. The fraction of sp³-hybridized carbons (Fsp3) is 0.100. The molecular weight excluding hydrogens is 263 g/mol. The second-order valence-corrected chi connectivity index (χ2v) is 4.34. The van der Waals surface area contributed by atoms with Gasteiger partial charge in [-0.2, -0.15) is 9.97 Å². The first-order chi connectivity index (χ1) is 8.10. The minimum absolute atomic E-state index is 0.0636. The molecule has 0 bridgehead atoms. The molecular formula is C10H8ClFN4S. The van der Waals surface area contributed by atoms with Gasteiger partial charge < -0.3 is 5.73 Å². The molecule has 88 valence electrons. The predicted octanol–water partition coefficient (Wildman–Crippen LogP) is 2.64. The van der Waals surface area contributed by atoms with E-state index in [1.54, 1.807) is 12.3 Å². The molecule has 4 nitrogen and oxygen atoms in total. The van der Waals surface area contributed by atoms with Crippen molar-refractivity contribution in [1.29, 1.82) is 0 Å². The van der Waals surface area contributed by atoms with E-state index in [0.29, 0.717) is 10.2 Å². The number of nitrogens with zero attached hydrogens (tertiary/aromatic N) is 3. The highest BCUT2D eigenvalue weighted by atomic mass is 35.5.